The zero-order valence-electron chi connectivity index (χ0n) is 20.0. The first kappa shape index (κ1) is 26.9. The summed E-state index contributed by atoms with van der Waals surface area (Å²) >= 11 is 0. The van der Waals surface area contributed by atoms with Gasteiger partial charge in [-0.3, -0.25) is 4.99 Å². The Labute approximate surface area is 179 Å². The number of aliphatic imine (C=N–C) groups is 1. The van der Waals surface area contributed by atoms with Crippen LogP contribution >= 0.6 is 0 Å². The summed E-state index contributed by atoms with van der Waals surface area (Å²) in [6.07, 6.45) is 21.8. The second-order valence-corrected chi connectivity index (χ2v) is 7.07. The highest BCUT2D eigenvalue weighted by molar-refractivity contribution is 5.70. The molecule has 0 aliphatic heterocycles. The second-order valence-electron chi connectivity index (χ2n) is 7.07. The molecule has 0 fully saturated rings. The number of rotatable bonds is 11. The van der Waals surface area contributed by atoms with Crippen LogP contribution < -0.4 is 10.6 Å². The fourth-order valence-corrected chi connectivity index (χ4v) is 3.44. The molecule has 1 aromatic rings. The van der Waals surface area contributed by atoms with Crippen molar-refractivity contribution in [2.24, 2.45) is 4.99 Å². The highest BCUT2D eigenvalue weighted by Crippen LogP contribution is 2.25. The molecule has 29 heavy (non-hydrogen) atoms. The van der Waals surface area contributed by atoms with E-state index in [4.69, 9.17) is 0 Å². The molecule has 0 aromatic carbocycles. The molecule has 2 heteroatoms. The Bertz CT molecular complexity index is 772. The van der Waals surface area contributed by atoms with E-state index in [1.54, 1.807) is 7.05 Å². The van der Waals surface area contributed by atoms with Gasteiger partial charge in [0.05, 0.1) is 0 Å². The zero-order valence-corrected chi connectivity index (χ0v) is 20.0. The SMILES string of the molecule is C=c1[nH]c(/C=C/CC=CC=NC)c(C(CC)CCCC)/c1=C/C(C)=C\CC.CC. The highest BCUT2D eigenvalue weighted by Gasteiger charge is 2.16. The van der Waals surface area contributed by atoms with Gasteiger partial charge in [-0.2, -0.15) is 0 Å². The lowest BCUT2D eigenvalue weighted by Gasteiger charge is -2.15. The number of allylic oxidation sites excluding steroid dienone is 5. The van der Waals surface area contributed by atoms with Gasteiger partial charge in [0.15, 0.2) is 0 Å². The molecular weight excluding hydrogens is 352 g/mol. The molecule has 0 aliphatic carbocycles. The van der Waals surface area contributed by atoms with Crippen LogP contribution in [-0.2, 0) is 0 Å². The molecule has 1 heterocycles. The maximum atomic E-state index is 4.30. The number of hydrogen-bond acceptors (Lipinski definition) is 1. The van der Waals surface area contributed by atoms with Crippen molar-refractivity contribution in [2.45, 2.75) is 86.0 Å². The van der Waals surface area contributed by atoms with Crippen molar-refractivity contribution in [1.29, 1.82) is 0 Å². The first-order chi connectivity index (χ1) is 14.1. The summed E-state index contributed by atoms with van der Waals surface area (Å²) in [5, 5.41) is 2.31. The number of aromatic nitrogens is 1. The van der Waals surface area contributed by atoms with E-state index in [1.165, 1.54) is 41.3 Å². The summed E-state index contributed by atoms with van der Waals surface area (Å²) in [4.78, 5) is 7.51. The molecule has 162 valence electrons. The summed E-state index contributed by atoms with van der Waals surface area (Å²) in [6, 6.07) is 0. The minimum Gasteiger partial charge on any atom is -0.355 e. The van der Waals surface area contributed by atoms with Crippen molar-refractivity contribution < 1.29 is 0 Å². The van der Waals surface area contributed by atoms with E-state index in [-0.39, 0.29) is 0 Å². The Morgan fingerprint density at radius 2 is 1.90 bits per heavy atom. The third kappa shape index (κ3) is 9.78. The van der Waals surface area contributed by atoms with E-state index in [1.807, 2.05) is 26.1 Å². The largest absolute Gasteiger partial charge is 0.355 e. The minimum absolute atomic E-state index is 0.569. The van der Waals surface area contributed by atoms with Crippen LogP contribution in [0.3, 0.4) is 0 Å². The van der Waals surface area contributed by atoms with E-state index in [0.29, 0.717) is 5.92 Å². The summed E-state index contributed by atoms with van der Waals surface area (Å²) in [5.41, 5.74) is 3.97. The summed E-state index contributed by atoms with van der Waals surface area (Å²) < 4.78 is 0. The number of aromatic amines is 1. The zero-order chi connectivity index (χ0) is 22.1. The smallest absolute Gasteiger partial charge is 0.0423 e. The quantitative estimate of drug-likeness (QED) is 0.393. The van der Waals surface area contributed by atoms with E-state index in [0.717, 1.165) is 24.6 Å². The highest BCUT2D eigenvalue weighted by atomic mass is 14.7. The van der Waals surface area contributed by atoms with Crippen LogP contribution in [0, 0.1) is 0 Å². The van der Waals surface area contributed by atoms with Crippen LogP contribution in [0.15, 0.2) is 34.9 Å². The third-order valence-corrected chi connectivity index (χ3v) is 4.82. The van der Waals surface area contributed by atoms with E-state index < -0.39 is 0 Å². The topological polar surface area (TPSA) is 28.1 Å². The summed E-state index contributed by atoms with van der Waals surface area (Å²) in [5.74, 6) is 0.569. The Kier molecular flexibility index (Phi) is 15.6. The monoisotopic (exact) mass is 396 g/mol. The average molecular weight is 397 g/mol. The van der Waals surface area contributed by atoms with Gasteiger partial charge in [-0.25, -0.2) is 0 Å². The van der Waals surface area contributed by atoms with Gasteiger partial charge in [0, 0.05) is 29.5 Å². The molecule has 0 radical (unpaired) electrons. The third-order valence-electron chi connectivity index (χ3n) is 4.82. The van der Waals surface area contributed by atoms with Crippen molar-refractivity contribution in [3.05, 3.63) is 51.7 Å². The maximum absolute atomic E-state index is 4.30. The normalized spacial score (nSPS) is 14.2. The number of nitrogens with one attached hydrogen (secondary N) is 1. The molecule has 1 atom stereocenters. The summed E-state index contributed by atoms with van der Waals surface area (Å²) in [6.45, 7) is 17.2. The van der Waals surface area contributed by atoms with E-state index in [9.17, 15) is 0 Å². The van der Waals surface area contributed by atoms with Gasteiger partial charge in [-0.15, -0.1) is 0 Å². The van der Waals surface area contributed by atoms with Crippen molar-refractivity contribution in [1.82, 2.24) is 4.98 Å². The van der Waals surface area contributed by atoms with Gasteiger partial charge in [0.25, 0.3) is 0 Å². The van der Waals surface area contributed by atoms with Crippen LogP contribution in [-0.4, -0.2) is 18.2 Å². The van der Waals surface area contributed by atoms with Crippen molar-refractivity contribution in [2.75, 3.05) is 7.05 Å². The van der Waals surface area contributed by atoms with Gasteiger partial charge in [-0.05, 0) is 62.3 Å². The Morgan fingerprint density at radius 3 is 2.48 bits per heavy atom. The van der Waals surface area contributed by atoms with Crippen LogP contribution in [0.25, 0.3) is 18.7 Å². The van der Waals surface area contributed by atoms with Gasteiger partial charge in [0.1, 0.15) is 0 Å². The minimum atomic E-state index is 0.569. The van der Waals surface area contributed by atoms with Crippen molar-refractivity contribution in [3.63, 3.8) is 0 Å². The molecule has 0 spiro atoms. The molecular formula is C27H44N2. The number of H-pyrrole nitrogens is 1. The van der Waals surface area contributed by atoms with E-state index in [2.05, 4.69) is 74.6 Å². The molecule has 1 N–H and O–H groups in total. The second kappa shape index (κ2) is 16.8. The van der Waals surface area contributed by atoms with Gasteiger partial charge >= 0.3 is 0 Å². The van der Waals surface area contributed by atoms with Crippen LogP contribution in [0.2, 0.25) is 0 Å². The van der Waals surface area contributed by atoms with Crippen LogP contribution in [0.1, 0.15) is 97.2 Å². The molecule has 0 saturated carbocycles. The van der Waals surface area contributed by atoms with Gasteiger partial charge in [0.2, 0.25) is 0 Å². The van der Waals surface area contributed by atoms with Gasteiger partial charge < -0.3 is 4.98 Å². The molecule has 0 bridgehead atoms. The predicted molar refractivity (Wildman–Crippen MR) is 135 cm³/mol. The molecule has 1 aromatic heterocycles. The first-order valence-corrected chi connectivity index (χ1v) is 11.4. The fourth-order valence-electron chi connectivity index (χ4n) is 3.44. The van der Waals surface area contributed by atoms with Crippen LogP contribution in [0.5, 0.6) is 0 Å². The predicted octanol–water partition coefficient (Wildman–Crippen LogP) is 6.93. The molecule has 0 aliphatic rings. The number of nitrogens with zero attached hydrogens (tertiary/aromatic N) is 1. The Hall–Kier alpha value is -2.09. The van der Waals surface area contributed by atoms with Crippen LogP contribution in [0.4, 0.5) is 0 Å². The lowest BCUT2D eigenvalue weighted by Crippen LogP contribution is -2.25. The molecule has 1 rings (SSSR count). The molecule has 0 saturated heterocycles. The number of unbranched alkanes of at least 4 members (excludes halogenated alkanes) is 1. The first-order valence-electron chi connectivity index (χ1n) is 11.4. The van der Waals surface area contributed by atoms with Crippen molar-refractivity contribution >= 4 is 24.9 Å². The fraction of sp³-hybridized carbons (Fsp3) is 0.519. The standard InChI is InChI=1S/C25H38N2.C2H6/c1-7-10-16-22(9-3)25-23(19-20(4)15-8-2)21(5)27-24(25)17-13-11-12-14-18-26-6;1-2/h12-15,17-19,22,27H,5,7-11,16H2,1-4,6H3;1-2H3/b14-12?,17-13+,20-15-,23-19+,26-18?;. The molecule has 2 nitrogen and oxygen atoms in total. The van der Waals surface area contributed by atoms with E-state index >= 15 is 0 Å². The average Bonchev–Trinajstić information content (AvgIpc) is 3.02. The summed E-state index contributed by atoms with van der Waals surface area (Å²) in [7, 11) is 1.79. The van der Waals surface area contributed by atoms with Crippen molar-refractivity contribution in [3.8, 4) is 0 Å². The van der Waals surface area contributed by atoms with Gasteiger partial charge in [-0.1, -0.05) is 77.8 Å². The molecule has 0 amide bonds. The molecule has 1 unspecified atom stereocenters. The lowest BCUT2D eigenvalue weighted by molar-refractivity contribution is 0.567. The maximum Gasteiger partial charge on any atom is 0.0423 e. The lowest BCUT2D eigenvalue weighted by atomic mass is 9.89. The Morgan fingerprint density at radius 1 is 1.17 bits per heavy atom. The Balaban J connectivity index is 0.00000379. The number of hydrogen-bond donors (Lipinski definition) is 1.